The standard InChI is InChI=1S/C22H20F2N2O4/c1-14-17(3-2-12-25-14)15-4-6-16(7-5-15)18(27)13-26-19(28)21(30-20(26)29)8-10-22(23,24)11-9-21/h2-7,12H,8-11,13H2,1H3. The van der Waals surface area contributed by atoms with Crippen LogP contribution in [-0.4, -0.2) is 45.7 Å². The molecule has 2 aromatic rings. The molecule has 0 N–H and O–H groups in total. The number of carbonyl (C=O) groups excluding carboxylic acids is 3. The summed E-state index contributed by atoms with van der Waals surface area (Å²) in [5.41, 5.74) is 1.44. The molecule has 2 heterocycles. The quantitative estimate of drug-likeness (QED) is 0.702. The van der Waals surface area contributed by atoms with Gasteiger partial charge >= 0.3 is 6.09 Å². The number of aromatic nitrogens is 1. The van der Waals surface area contributed by atoms with Crippen LogP contribution in [0.25, 0.3) is 11.1 Å². The molecule has 0 unspecified atom stereocenters. The third-order valence-electron chi connectivity index (χ3n) is 5.75. The van der Waals surface area contributed by atoms with Gasteiger partial charge in [-0.2, -0.15) is 0 Å². The topological polar surface area (TPSA) is 76.6 Å². The molecule has 2 amide bonds. The summed E-state index contributed by atoms with van der Waals surface area (Å²) in [4.78, 5) is 42.5. The maximum Gasteiger partial charge on any atom is 0.418 e. The fraction of sp³-hybridized carbons (Fsp3) is 0.364. The van der Waals surface area contributed by atoms with Gasteiger partial charge in [0.2, 0.25) is 5.92 Å². The van der Waals surface area contributed by atoms with Crippen LogP contribution in [0.3, 0.4) is 0 Å². The van der Waals surface area contributed by atoms with Crippen molar-refractivity contribution in [1.29, 1.82) is 0 Å². The maximum atomic E-state index is 13.5. The number of hydrogen-bond donors (Lipinski definition) is 0. The van der Waals surface area contributed by atoms with E-state index >= 15 is 0 Å². The summed E-state index contributed by atoms with van der Waals surface area (Å²) < 4.78 is 32.1. The van der Waals surface area contributed by atoms with Gasteiger partial charge in [-0.05, 0) is 18.6 Å². The number of Topliss-reactive ketones (excluding diaryl/α,β-unsaturated/α-hetero) is 1. The lowest BCUT2D eigenvalue weighted by Gasteiger charge is -2.33. The number of aryl methyl sites for hydroxylation is 1. The van der Waals surface area contributed by atoms with Gasteiger partial charge in [-0.3, -0.25) is 14.6 Å². The Morgan fingerprint density at radius 2 is 1.77 bits per heavy atom. The SMILES string of the molecule is Cc1ncccc1-c1ccc(C(=O)CN2C(=O)OC3(CCC(F)(F)CC3)C2=O)cc1. The number of nitrogens with zero attached hydrogens (tertiary/aromatic N) is 2. The number of alkyl halides is 2. The van der Waals surface area contributed by atoms with Crippen molar-refractivity contribution in [1.82, 2.24) is 9.88 Å². The highest BCUT2D eigenvalue weighted by atomic mass is 19.3. The molecular formula is C22H20F2N2O4. The van der Waals surface area contributed by atoms with Gasteiger partial charge in [0.15, 0.2) is 11.4 Å². The van der Waals surface area contributed by atoms with E-state index in [1.165, 1.54) is 0 Å². The Labute approximate surface area is 171 Å². The minimum absolute atomic E-state index is 0.242. The zero-order valence-electron chi connectivity index (χ0n) is 16.4. The molecule has 1 aromatic carbocycles. The van der Waals surface area contributed by atoms with E-state index in [9.17, 15) is 23.2 Å². The first-order chi connectivity index (χ1) is 14.2. The first kappa shape index (κ1) is 20.1. The number of carbonyl (C=O) groups is 3. The second kappa shape index (κ2) is 7.27. The largest absolute Gasteiger partial charge is 0.432 e. The average molecular weight is 414 g/mol. The number of pyridine rings is 1. The highest BCUT2D eigenvalue weighted by Crippen LogP contribution is 2.44. The van der Waals surface area contributed by atoms with Gasteiger partial charge in [0, 0.05) is 48.7 Å². The third-order valence-corrected chi connectivity index (χ3v) is 5.75. The predicted octanol–water partition coefficient (Wildman–Crippen LogP) is 4.17. The summed E-state index contributed by atoms with van der Waals surface area (Å²) >= 11 is 0. The van der Waals surface area contributed by atoms with Crippen LogP contribution in [0, 0.1) is 6.92 Å². The summed E-state index contributed by atoms with van der Waals surface area (Å²) in [5.74, 6) is -4.01. The predicted molar refractivity (Wildman–Crippen MR) is 103 cm³/mol. The lowest BCUT2D eigenvalue weighted by atomic mass is 9.82. The van der Waals surface area contributed by atoms with Crippen molar-refractivity contribution in [3.05, 3.63) is 53.9 Å². The van der Waals surface area contributed by atoms with Crippen molar-refractivity contribution in [3.63, 3.8) is 0 Å². The van der Waals surface area contributed by atoms with Gasteiger partial charge in [-0.15, -0.1) is 0 Å². The minimum Gasteiger partial charge on any atom is -0.432 e. The zero-order valence-corrected chi connectivity index (χ0v) is 16.4. The van der Waals surface area contributed by atoms with Gasteiger partial charge < -0.3 is 4.74 Å². The second-order valence-electron chi connectivity index (χ2n) is 7.75. The molecule has 6 nitrogen and oxygen atoms in total. The number of benzene rings is 1. The van der Waals surface area contributed by atoms with Crippen LogP contribution in [0.2, 0.25) is 0 Å². The van der Waals surface area contributed by atoms with Crippen LogP contribution >= 0.6 is 0 Å². The highest BCUT2D eigenvalue weighted by Gasteiger charge is 2.58. The fourth-order valence-electron chi connectivity index (χ4n) is 3.93. The van der Waals surface area contributed by atoms with E-state index in [1.54, 1.807) is 30.5 Å². The average Bonchev–Trinajstić information content (AvgIpc) is 2.95. The monoisotopic (exact) mass is 414 g/mol. The normalized spacial score (nSPS) is 19.8. The molecule has 1 saturated carbocycles. The molecule has 156 valence electrons. The van der Waals surface area contributed by atoms with Crippen LogP contribution in [0.5, 0.6) is 0 Å². The van der Waals surface area contributed by atoms with Crippen molar-refractivity contribution < 1.29 is 27.9 Å². The molecule has 0 radical (unpaired) electrons. The van der Waals surface area contributed by atoms with E-state index in [0.29, 0.717) is 5.56 Å². The number of amides is 2. The Morgan fingerprint density at radius 1 is 1.10 bits per heavy atom. The molecule has 1 aliphatic carbocycles. The Balaban J connectivity index is 1.47. The molecule has 8 heteroatoms. The van der Waals surface area contributed by atoms with E-state index in [2.05, 4.69) is 4.98 Å². The first-order valence-electron chi connectivity index (χ1n) is 9.69. The molecule has 1 aromatic heterocycles. The second-order valence-corrected chi connectivity index (χ2v) is 7.75. The number of ether oxygens (including phenoxy) is 1. The minimum atomic E-state index is -2.87. The fourth-order valence-corrected chi connectivity index (χ4v) is 3.93. The van der Waals surface area contributed by atoms with E-state index in [0.717, 1.165) is 21.7 Å². The molecule has 2 aliphatic rings. The summed E-state index contributed by atoms with van der Waals surface area (Å²) in [6, 6.07) is 10.5. The van der Waals surface area contributed by atoms with E-state index < -0.39 is 48.7 Å². The Bertz CT molecular complexity index is 1010. The molecule has 2 fully saturated rings. The smallest absolute Gasteiger partial charge is 0.418 e. The number of halogens is 2. The van der Waals surface area contributed by atoms with Gasteiger partial charge in [-0.25, -0.2) is 18.5 Å². The summed E-state index contributed by atoms with van der Waals surface area (Å²) in [6.07, 6.45) is -0.793. The van der Waals surface area contributed by atoms with Gasteiger partial charge in [0.25, 0.3) is 5.91 Å². The Hall–Kier alpha value is -3.16. The lowest BCUT2D eigenvalue weighted by molar-refractivity contribution is -0.146. The number of ketones is 1. The van der Waals surface area contributed by atoms with Crippen LogP contribution in [0.4, 0.5) is 13.6 Å². The van der Waals surface area contributed by atoms with Crippen molar-refractivity contribution in [2.24, 2.45) is 0 Å². The first-order valence-corrected chi connectivity index (χ1v) is 9.69. The molecule has 1 spiro atoms. The zero-order chi connectivity index (χ0) is 21.5. The molecule has 30 heavy (non-hydrogen) atoms. The van der Waals surface area contributed by atoms with E-state index in [4.69, 9.17) is 4.74 Å². The number of hydrogen-bond acceptors (Lipinski definition) is 5. The lowest BCUT2D eigenvalue weighted by Crippen LogP contribution is -2.47. The van der Waals surface area contributed by atoms with Crippen molar-refractivity contribution in [2.45, 2.75) is 44.1 Å². The molecule has 0 atom stereocenters. The van der Waals surface area contributed by atoms with Crippen LogP contribution in [-0.2, 0) is 9.53 Å². The summed E-state index contributed by atoms with van der Waals surface area (Å²) in [7, 11) is 0. The van der Waals surface area contributed by atoms with Gasteiger partial charge in [0.1, 0.15) is 0 Å². The Morgan fingerprint density at radius 3 is 2.40 bits per heavy atom. The number of rotatable bonds is 4. The third kappa shape index (κ3) is 3.58. The molecule has 0 bridgehead atoms. The number of imide groups is 1. The molecule has 4 rings (SSSR count). The van der Waals surface area contributed by atoms with Crippen molar-refractivity contribution in [3.8, 4) is 11.1 Å². The van der Waals surface area contributed by atoms with Crippen LogP contribution in [0.15, 0.2) is 42.6 Å². The summed E-state index contributed by atoms with van der Waals surface area (Å²) in [6.45, 7) is 1.40. The molecular weight excluding hydrogens is 394 g/mol. The van der Waals surface area contributed by atoms with Gasteiger partial charge in [0.05, 0.1) is 6.54 Å². The van der Waals surface area contributed by atoms with Crippen molar-refractivity contribution in [2.75, 3.05) is 6.54 Å². The molecule has 1 aliphatic heterocycles. The van der Waals surface area contributed by atoms with E-state index in [1.807, 2.05) is 19.1 Å². The van der Waals surface area contributed by atoms with Crippen molar-refractivity contribution >= 4 is 17.8 Å². The van der Waals surface area contributed by atoms with Gasteiger partial charge in [-0.1, -0.05) is 30.3 Å². The Kier molecular flexibility index (Phi) is 4.88. The van der Waals surface area contributed by atoms with E-state index in [-0.39, 0.29) is 12.8 Å². The highest BCUT2D eigenvalue weighted by molar-refractivity contribution is 6.08. The van der Waals surface area contributed by atoms with Crippen LogP contribution in [0.1, 0.15) is 41.7 Å². The van der Waals surface area contributed by atoms with Crippen LogP contribution < -0.4 is 0 Å². The molecule has 1 saturated heterocycles. The maximum absolute atomic E-state index is 13.5. The summed E-state index contributed by atoms with van der Waals surface area (Å²) in [5, 5.41) is 0.